The van der Waals surface area contributed by atoms with Crippen molar-refractivity contribution < 1.29 is 27.3 Å². The van der Waals surface area contributed by atoms with Gasteiger partial charge in [0.05, 0.1) is 18.0 Å². The van der Waals surface area contributed by atoms with Gasteiger partial charge in [0.15, 0.2) is 23.2 Å². The van der Waals surface area contributed by atoms with Gasteiger partial charge in [0.25, 0.3) is 5.91 Å². The molecule has 1 amide bonds. The molecule has 1 atom stereocenters. The predicted octanol–water partition coefficient (Wildman–Crippen LogP) is 3.87. The number of halogens is 3. The van der Waals surface area contributed by atoms with Gasteiger partial charge in [-0.15, -0.1) is 4.31 Å². The van der Waals surface area contributed by atoms with E-state index in [0.717, 1.165) is 12.8 Å². The molecule has 0 aliphatic carbocycles. The van der Waals surface area contributed by atoms with Crippen LogP contribution < -0.4 is 10.1 Å². The van der Waals surface area contributed by atoms with Crippen molar-refractivity contribution in [1.82, 2.24) is 4.31 Å². The summed E-state index contributed by atoms with van der Waals surface area (Å²) in [6.45, 7) is 3.57. The van der Waals surface area contributed by atoms with Crippen LogP contribution in [0.25, 0.3) is 0 Å². The molecular formula is C19H19F3N2O3S. The lowest BCUT2D eigenvalue weighted by Gasteiger charge is -2.22. The number of ether oxygens (including phenoxy) is 1. The van der Waals surface area contributed by atoms with Gasteiger partial charge in [-0.1, -0.05) is 0 Å². The molecule has 0 bridgehead atoms. The van der Waals surface area contributed by atoms with Gasteiger partial charge in [-0.3, -0.25) is 4.79 Å². The molecule has 0 spiro atoms. The quantitative estimate of drug-likeness (QED) is 0.614. The molecule has 1 N–H and O–H groups in total. The van der Waals surface area contributed by atoms with Crippen molar-refractivity contribution in [2.24, 2.45) is 0 Å². The Labute approximate surface area is 163 Å². The lowest BCUT2D eigenvalue weighted by Crippen LogP contribution is -2.32. The molecule has 28 heavy (non-hydrogen) atoms. The van der Waals surface area contributed by atoms with Crippen LogP contribution in [0.2, 0.25) is 0 Å². The first-order valence-corrected chi connectivity index (χ1v) is 9.91. The molecule has 3 rings (SSSR count). The van der Waals surface area contributed by atoms with Crippen LogP contribution in [0.5, 0.6) is 5.75 Å². The number of benzene rings is 2. The van der Waals surface area contributed by atoms with Crippen molar-refractivity contribution in [3.63, 3.8) is 0 Å². The monoisotopic (exact) mass is 412 g/mol. The van der Waals surface area contributed by atoms with Crippen LogP contribution in [0.1, 0.15) is 30.1 Å². The highest BCUT2D eigenvalue weighted by atomic mass is 32.2. The third-order valence-corrected chi connectivity index (χ3v) is 5.89. The lowest BCUT2D eigenvalue weighted by atomic mass is 10.2. The molecule has 0 radical (unpaired) electrons. The fourth-order valence-corrected chi connectivity index (χ4v) is 4.14. The van der Waals surface area contributed by atoms with Gasteiger partial charge in [0, 0.05) is 42.5 Å². The van der Waals surface area contributed by atoms with Gasteiger partial charge >= 0.3 is 0 Å². The van der Waals surface area contributed by atoms with Crippen LogP contribution in [0, 0.1) is 17.5 Å². The van der Waals surface area contributed by atoms with E-state index in [1.165, 1.54) is 12.1 Å². The first kappa shape index (κ1) is 20.5. The summed E-state index contributed by atoms with van der Waals surface area (Å²) in [5, 5.41) is 2.32. The number of nitrogens with one attached hydrogen (secondary N) is 1. The highest BCUT2D eigenvalue weighted by molar-refractivity contribution is 7.89. The van der Waals surface area contributed by atoms with Gasteiger partial charge < -0.3 is 14.6 Å². The minimum atomic E-state index is -1.61. The second-order valence-corrected chi connectivity index (χ2v) is 7.65. The minimum Gasteiger partial charge on any atom is -0.593 e. The Morgan fingerprint density at radius 3 is 2.61 bits per heavy atom. The Kier molecular flexibility index (Phi) is 6.48. The van der Waals surface area contributed by atoms with Crippen molar-refractivity contribution in [1.29, 1.82) is 0 Å². The number of nitrogens with zero attached hydrogens (tertiary/aromatic N) is 1. The van der Waals surface area contributed by atoms with Crippen LogP contribution in [-0.2, 0) is 11.4 Å². The lowest BCUT2D eigenvalue weighted by molar-refractivity contribution is 0.102. The van der Waals surface area contributed by atoms with E-state index in [9.17, 15) is 22.5 Å². The van der Waals surface area contributed by atoms with E-state index in [-0.39, 0.29) is 11.3 Å². The number of carbonyl (C=O) groups excluding carboxylic acids is 1. The maximum Gasteiger partial charge on any atom is 0.255 e. The summed E-state index contributed by atoms with van der Waals surface area (Å²) in [5.41, 5.74) is -0.0892. The van der Waals surface area contributed by atoms with E-state index in [0.29, 0.717) is 42.5 Å². The normalized spacial score (nSPS) is 17.7. The smallest absolute Gasteiger partial charge is 0.255 e. The number of carbonyl (C=O) groups is 1. The fraction of sp³-hybridized carbons (Fsp3) is 0.316. The first-order chi connectivity index (χ1) is 13.4. The Morgan fingerprint density at radius 1 is 1.21 bits per heavy atom. The van der Waals surface area contributed by atoms with E-state index < -0.39 is 34.7 Å². The zero-order valence-corrected chi connectivity index (χ0v) is 16.0. The van der Waals surface area contributed by atoms with Crippen LogP contribution in [0.15, 0.2) is 35.2 Å². The van der Waals surface area contributed by atoms with Crippen LogP contribution in [0.3, 0.4) is 0 Å². The average molecular weight is 412 g/mol. The largest absolute Gasteiger partial charge is 0.593 e. The zero-order chi connectivity index (χ0) is 20.3. The molecule has 1 aliphatic heterocycles. The molecule has 5 nitrogen and oxygen atoms in total. The summed E-state index contributed by atoms with van der Waals surface area (Å²) in [6.07, 6.45) is 1.65. The third kappa shape index (κ3) is 4.43. The standard InChI is InChI=1S/C19H19F3N2O3S/c1-2-24-7-3-4-8-27-16-6-5-12(9-17(16)28(24)26)19(25)23-13-10-14(20)18(22)15(21)11-13/h5-6,9-11H,2-4,7-8H2,1H3,(H,23,25). The topological polar surface area (TPSA) is 64.6 Å². The summed E-state index contributed by atoms with van der Waals surface area (Å²) in [5.74, 6) is -4.67. The molecule has 9 heteroatoms. The van der Waals surface area contributed by atoms with E-state index in [4.69, 9.17) is 4.74 Å². The summed E-state index contributed by atoms with van der Waals surface area (Å²) in [4.78, 5) is 12.8. The number of hydrogen-bond donors (Lipinski definition) is 1. The molecule has 0 fully saturated rings. The Hall–Kier alpha value is -2.23. The SMILES string of the molecule is CCN1CCCCOc2ccc(C(=O)Nc3cc(F)c(F)c(F)c3)cc2[S+]1[O-]. The fourth-order valence-electron chi connectivity index (χ4n) is 2.81. The summed E-state index contributed by atoms with van der Waals surface area (Å²) in [6, 6.07) is 5.83. The molecule has 0 aromatic heterocycles. The Balaban J connectivity index is 1.89. The van der Waals surface area contributed by atoms with Gasteiger partial charge in [0.1, 0.15) is 0 Å². The van der Waals surface area contributed by atoms with E-state index in [1.807, 2.05) is 6.92 Å². The molecule has 1 unspecified atom stereocenters. The molecule has 1 heterocycles. The van der Waals surface area contributed by atoms with Crippen LogP contribution in [-0.4, -0.2) is 34.5 Å². The molecule has 1 aliphatic rings. The van der Waals surface area contributed by atoms with Gasteiger partial charge in [-0.2, -0.15) is 0 Å². The predicted molar refractivity (Wildman–Crippen MR) is 99.1 cm³/mol. The molecule has 150 valence electrons. The number of rotatable bonds is 3. The minimum absolute atomic E-state index is 0.135. The second-order valence-electron chi connectivity index (χ2n) is 6.20. The summed E-state index contributed by atoms with van der Waals surface area (Å²) < 4.78 is 60.1. The van der Waals surface area contributed by atoms with E-state index >= 15 is 0 Å². The van der Waals surface area contributed by atoms with Crippen molar-refractivity contribution in [2.45, 2.75) is 24.7 Å². The van der Waals surface area contributed by atoms with E-state index in [1.54, 1.807) is 10.4 Å². The van der Waals surface area contributed by atoms with Crippen LogP contribution in [0.4, 0.5) is 18.9 Å². The zero-order valence-electron chi connectivity index (χ0n) is 15.1. The summed E-state index contributed by atoms with van der Waals surface area (Å²) in [7, 11) is 0. The molecule has 0 saturated heterocycles. The van der Waals surface area contributed by atoms with Gasteiger partial charge in [-0.25, -0.2) is 13.2 Å². The van der Waals surface area contributed by atoms with E-state index in [2.05, 4.69) is 5.32 Å². The van der Waals surface area contributed by atoms with Crippen molar-refractivity contribution in [2.75, 3.05) is 25.0 Å². The molecule has 2 aromatic carbocycles. The molecule has 2 aromatic rings. The highest BCUT2D eigenvalue weighted by Crippen LogP contribution is 2.30. The second kappa shape index (κ2) is 8.85. The van der Waals surface area contributed by atoms with Crippen molar-refractivity contribution in [3.8, 4) is 5.75 Å². The Bertz CT molecular complexity index is 858. The Morgan fingerprint density at radius 2 is 1.93 bits per heavy atom. The van der Waals surface area contributed by atoms with Gasteiger partial charge in [-0.05, 0) is 31.9 Å². The maximum atomic E-state index is 13.3. The number of amides is 1. The average Bonchev–Trinajstić information content (AvgIpc) is 2.75. The third-order valence-electron chi connectivity index (χ3n) is 4.28. The number of anilines is 1. The maximum absolute atomic E-state index is 13.3. The first-order valence-electron chi connectivity index (χ1n) is 8.80. The van der Waals surface area contributed by atoms with Gasteiger partial charge in [0.2, 0.25) is 4.90 Å². The molecule has 0 saturated carbocycles. The van der Waals surface area contributed by atoms with Crippen molar-refractivity contribution in [3.05, 3.63) is 53.3 Å². The molecular weight excluding hydrogens is 393 g/mol. The van der Waals surface area contributed by atoms with Crippen molar-refractivity contribution >= 4 is 23.0 Å². The number of fused-ring (bicyclic) bond motifs is 1. The number of hydrogen-bond acceptors (Lipinski definition) is 4. The highest BCUT2D eigenvalue weighted by Gasteiger charge is 2.27. The summed E-state index contributed by atoms with van der Waals surface area (Å²) >= 11 is -1.52. The van der Waals surface area contributed by atoms with Crippen LogP contribution >= 0.6 is 0 Å².